The first-order valence-corrected chi connectivity index (χ1v) is 30.7. The summed E-state index contributed by atoms with van der Waals surface area (Å²) in [4.78, 5) is 33.8. The third-order valence-electron chi connectivity index (χ3n) is 14.8. The van der Waals surface area contributed by atoms with Crippen molar-refractivity contribution in [1.82, 2.24) is 5.11 Å². The Labute approximate surface area is 466 Å². The molecular formula is C58H44InN8O10S2. The number of aromatic nitrogens is 2. The predicted octanol–water partition coefficient (Wildman–Crippen LogP) is 11.1. The van der Waals surface area contributed by atoms with Crippen LogP contribution in [0.25, 0.3) is 64.6 Å². The minimum atomic E-state index is -4.55. The summed E-state index contributed by atoms with van der Waals surface area (Å²) in [5.74, 6) is 4.90. The molecule has 0 spiro atoms. The molecule has 0 amide bonds. The predicted molar refractivity (Wildman–Crippen MR) is 305 cm³/mol. The summed E-state index contributed by atoms with van der Waals surface area (Å²) >= 11 is -1.96. The minimum absolute atomic E-state index is 0.244. The van der Waals surface area contributed by atoms with Crippen molar-refractivity contribution in [3.8, 4) is 23.0 Å². The zero-order valence-electron chi connectivity index (χ0n) is 42.8. The Morgan fingerprint density at radius 3 is 1.46 bits per heavy atom. The quantitative estimate of drug-likeness (QED) is 0.0343. The van der Waals surface area contributed by atoms with Crippen LogP contribution in [0.5, 0.6) is 23.0 Å². The maximum absolute atomic E-state index is 12.6. The maximum atomic E-state index is 12.6. The molecule has 0 atom stereocenters. The Balaban J connectivity index is 1.22. The van der Waals surface area contributed by atoms with E-state index in [0.717, 1.165) is 81.2 Å². The van der Waals surface area contributed by atoms with Crippen LogP contribution in [0.4, 0.5) is 11.6 Å². The molecule has 0 unspecified atom stereocenters. The monoisotopic (exact) mass is 1190 g/mol. The molecule has 8 aromatic carbocycles. The van der Waals surface area contributed by atoms with Crippen molar-refractivity contribution in [3.05, 3.63) is 142 Å². The number of fused-ring (bicyclic) bond motifs is 18. The molecule has 1 radical (unpaired) electrons. The van der Waals surface area contributed by atoms with E-state index in [-0.39, 0.29) is 4.90 Å². The summed E-state index contributed by atoms with van der Waals surface area (Å²) in [6.45, 7) is 5.10. The number of rotatable bonds is 14. The van der Waals surface area contributed by atoms with Crippen molar-refractivity contribution >= 4 is 145 Å². The van der Waals surface area contributed by atoms with Crippen molar-refractivity contribution in [3.63, 3.8) is 0 Å². The van der Waals surface area contributed by atoms with Gasteiger partial charge in [0.1, 0.15) is 0 Å². The zero-order valence-corrected chi connectivity index (χ0v) is 47.7. The number of hydrogen-bond acceptors (Lipinski definition) is 16. The van der Waals surface area contributed by atoms with Gasteiger partial charge in [0.15, 0.2) is 0 Å². The molecule has 6 bridgehead atoms. The number of hydrogen-bond donors (Lipinski definition) is 2. The summed E-state index contributed by atoms with van der Waals surface area (Å²) in [7, 11) is -1.24. The second-order valence-electron chi connectivity index (χ2n) is 19.3. The van der Waals surface area contributed by atoms with Gasteiger partial charge >= 0.3 is 464 Å². The number of unbranched alkanes of at least 4 members (excludes halogenated alkanes) is 2. The van der Waals surface area contributed by atoms with Crippen molar-refractivity contribution in [2.45, 2.75) is 49.3 Å². The van der Waals surface area contributed by atoms with E-state index in [1.807, 2.05) is 72.8 Å². The first-order chi connectivity index (χ1) is 38.6. The van der Waals surface area contributed by atoms with Gasteiger partial charge in [0.05, 0.1) is 0 Å². The van der Waals surface area contributed by atoms with Gasteiger partial charge in [0.25, 0.3) is 0 Å². The van der Waals surface area contributed by atoms with E-state index in [2.05, 4.69) is 42.2 Å². The van der Waals surface area contributed by atoms with E-state index in [0.29, 0.717) is 131 Å². The Hall–Kier alpha value is -7.63. The molecule has 4 aliphatic rings. The van der Waals surface area contributed by atoms with Crippen molar-refractivity contribution < 1.29 is 46.5 Å². The fourth-order valence-corrected chi connectivity index (χ4v) is 16.1. The number of ether oxygens (including phenoxy) is 4. The number of aliphatic imine (C=N–C) groups is 4. The molecule has 0 saturated heterocycles. The number of benzene rings is 8. The van der Waals surface area contributed by atoms with Gasteiger partial charge in [0.2, 0.25) is 0 Å². The Morgan fingerprint density at radius 1 is 0.532 bits per heavy atom. The van der Waals surface area contributed by atoms with Gasteiger partial charge in [-0.1, -0.05) is 0 Å². The van der Waals surface area contributed by atoms with Crippen LogP contribution in [0.2, 0.25) is 0 Å². The second-order valence-corrected chi connectivity index (χ2v) is 25.2. The van der Waals surface area contributed by atoms with E-state index in [9.17, 15) is 13.0 Å². The second kappa shape index (κ2) is 19.3. The zero-order chi connectivity index (χ0) is 53.8. The van der Waals surface area contributed by atoms with Crippen LogP contribution < -0.4 is 29.9 Å². The van der Waals surface area contributed by atoms with E-state index >= 15 is 0 Å². The normalized spacial score (nSPS) is 14.1. The number of amidine groups is 4. The van der Waals surface area contributed by atoms with Crippen LogP contribution in [-0.2, 0) is 19.5 Å². The third-order valence-corrected chi connectivity index (χ3v) is 20.3. The first kappa shape index (κ1) is 49.6. The Kier molecular flexibility index (Phi) is 12.1. The summed E-state index contributed by atoms with van der Waals surface area (Å²) in [5.41, 5.74) is 3.73. The summed E-state index contributed by atoms with van der Waals surface area (Å²) in [6, 6.07) is 34.2. The van der Waals surface area contributed by atoms with Crippen LogP contribution >= 0.6 is 12.0 Å². The molecular weight excluding hydrogens is 1150 g/mol. The van der Waals surface area contributed by atoms with Gasteiger partial charge in [0, 0.05) is 0 Å². The standard InChI is InChI=1S/C58H44N8O10S2.In/c1-5-7-21-73-49-37-15-11-12-16-38(37)50(74-22-8-6-2)46-45(49)57-63-52-39-25-29-17-19-33(77-76-75-67)23-31(29)27-41(39)53(60-52)62-56-44-43(47(71-3)35-13-9-10-14-36(35)48(44)72-4)55(65-56)61-51-40-26-30-18-20-34(78(68,69)70)24-32(30)28-42(40)54(59-51)64-58(46)66-57;/h9-20,23-28H,5-8,21-22H2,1-4H3,(H2-2,59,60,61,62,63,64,65,66,67,68,69,70);/q-2;+2. The molecule has 79 heavy (non-hydrogen) atoms. The fraction of sp³-hybridized carbons (Fsp3) is 0.172. The van der Waals surface area contributed by atoms with Crippen LogP contribution in [0, 0.1) is 0 Å². The van der Waals surface area contributed by atoms with Gasteiger partial charge < -0.3 is 0 Å². The van der Waals surface area contributed by atoms with E-state index in [1.165, 1.54) is 12.1 Å². The number of nitrogens with zero attached hydrogens (tertiary/aromatic N) is 8. The average Bonchev–Trinajstić information content (AvgIpc) is 4.09. The van der Waals surface area contributed by atoms with Gasteiger partial charge in [-0.25, -0.2) is 5.26 Å². The van der Waals surface area contributed by atoms with Crippen LogP contribution in [0.3, 0.4) is 0 Å². The molecule has 21 heteroatoms. The summed E-state index contributed by atoms with van der Waals surface area (Å²) in [6.07, 6.45) is 3.37. The topological polar surface area (TPSA) is 214 Å². The van der Waals surface area contributed by atoms with Crippen LogP contribution in [0.1, 0.15) is 61.8 Å². The third kappa shape index (κ3) is 7.88. The van der Waals surface area contributed by atoms with Gasteiger partial charge in [-0.15, -0.1) is 0 Å². The van der Waals surface area contributed by atoms with Crippen molar-refractivity contribution in [2.75, 3.05) is 27.4 Å². The van der Waals surface area contributed by atoms with E-state index in [1.54, 1.807) is 20.3 Å². The number of methoxy groups -OCH3 is 2. The van der Waals surface area contributed by atoms with Crippen molar-refractivity contribution in [2.24, 2.45) is 30.0 Å². The molecule has 18 nitrogen and oxygen atoms in total. The molecule has 391 valence electrons. The Bertz CT molecular complexity index is 4740. The summed E-state index contributed by atoms with van der Waals surface area (Å²) < 4.78 is 71.8. The first-order valence-electron chi connectivity index (χ1n) is 25.6. The van der Waals surface area contributed by atoms with Crippen LogP contribution in [0.15, 0.2) is 149 Å². The SMILES string of the molecule is CCCCOc1c2ccccc2c(OCCCC)c2c3[n]4c(c12)N=C1N=C(N=c2c5c(OC)c6ccccc6c(OC)c5c([n]2[In]4)=NC2=NC(=N3)c3cc4cc(S(=O)(=O)O)ccc4cc32)c2cc3cc(SOOO)ccc3cc21. The van der Waals surface area contributed by atoms with Gasteiger partial charge in [-0.2, -0.15) is 0 Å². The van der Waals surface area contributed by atoms with Gasteiger partial charge in [-0.3, -0.25) is 0 Å². The van der Waals surface area contributed by atoms with E-state index in [4.69, 9.17) is 58.5 Å². The van der Waals surface area contributed by atoms with Crippen molar-refractivity contribution in [1.29, 1.82) is 0 Å². The average molecular weight is 1190 g/mol. The molecule has 6 heterocycles. The Morgan fingerprint density at radius 2 is 0.987 bits per heavy atom. The van der Waals surface area contributed by atoms with Crippen LogP contribution in [-0.4, -0.2) is 97.6 Å². The van der Waals surface area contributed by atoms with E-state index < -0.39 is 33.6 Å². The molecule has 2 N–H and O–H groups in total. The molecule has 2 aromatic heterocycles. The fourth-order valence-electron chi connectivity index (χ4n) is 11.2. The molecule has 0 saturated carbocycles. The molecule has 14 rings (SSSR count). The molecule has 4 aliphatic heterocycles. The molecule has 10 aromatic rings. The molecule has 0 aliphatic carbocycles. The van der Waals surface area contributed by atoms with Gasteiger partial charge in [-0.05, 0) is 0 Å². The summed E-state index contributed by atoms with van der Waals surface area (Å²) in [5, 5.41) is 21.9. The molecule has 0 fully saturated rings.